The lowest BCUT2D eigenvalue weighted by atomic mass is 10.0. The number of hydrogen-bond acceptors (Lipinski definition) is 2. The van der Waals surface area contributed by atoms with E-state index in [0.717, 1.165) is 16.7 Å². The van der Waals surface area contributed by atoms with E-state index in [0.29, 0.717) is 18.7 Å². The lowest BCUT2D eigenvalue weighted by molar-refractivity contribution is 0.468. The van der Waals surface area contributed by atoms with Gasteiger partial charge in [0.05, 0.1) is 0 Å². The number of nitrogens with two attached hydrogens (primary N) is 1. The molecule has 17 heavy (non-hydrogen) atoms. The summed E-state index contributed by atoms with van der Waals surface area (Å²) in [5, 5.41) is 9.70. The second-order valence-electron chi connectivity index (χ2n) is 4.25. The van der Waals surface area contributed by atoms with Crippen LogP contribution < -0.4 is 5.73 Å². The van der Waals surface area contributed by atoms with Crippen LogP contribution in [0.5, 0.6) is 5.75 Å². The van der Waals surface area contributed by atoms with Gasteiger partial charge < -0.3 is 10.8 Å². The van der Waals surface area contributed by atoms with Crippen molar-refractivity contribution in [1.29, 1.82) is 0 Å². The maximum Gasteiger partial charge on any atom is 0.118 e. The van der Waals surface area contributed by atoms with Crippen LogP contribution in [0.1, 0.15) is 11.1 Å². The molecule has 2 aromatic carbocycles. The Labute approximate surface area is 102 Å². The molecule has 0 unspecified atom stereocenters. The summed E-state index contributed by atoms with van der Waals surface area (Å²) in [4.78, 5) is 0. The highest BCUT2D eigenvalue weighted by atomic mass is 16.3. The van der Waals surface area contributed by atoms with Crippen molar-refractivity contribution < 1.29 is 5.11 Å². The summed E-state index contributed by atoms with van der Waals surface area (Å²) in [6.45, 7) is 2.62. The van der Waals surface area contributed by atoms with Crippen molar-refractivity contribution in [3.8, 4) is 16.9 Å². The number of rotatable bonds is 3. The summed E-state index contributed by atoms with van der Waals surface area (Å²) in [6.07, 6.45) is 0.700. The Balaban J connectivity index is 2.39. The second kappa shape index (κ2) is 5.02. The fourth-order valence-electron chi connectivity index (χ4n) is 1.87. The molecule has 2 heteroatoms. The number of aryl methyl sites for hydroxylation is 1. The monoisotopic (exact) mass is 227 g/mol. The van der Waals surface area contributed by atoms with E-state index in [1.54, 1.807) is 6.07 Å². The quantitative estimate of drug-likeness (QED) is 0.847. The SMILES string of the molecule is Cc1ccc(-c2ccc(O)c(CCN)c2)cc1. The van der Waals surface area contributed by atoms with Crippen molar-refractivity contribution in [3.05, 3.63) is 53.6 Å². The molecule has 0 bridgehead atoms. The van der Waals surface area contributed by atoms with Crippen molar-refractivity contribution >= 4 is 0 Å². The third-order valence-electron chi connectivity index (χ3n) is 2.88. The van der Waals surface area contributed by atoms with E-state index >= 15 is 0 Å². The van der Waals surface area contributed by atoms with Crippen LogP contribution in [-0.2, 0) is 6.42 Å². The van der Waals surface area contributed by atoms with E-state index in [4.69, 9.17) is 5.73 Å². The Bertz CT molecular complexity index is 503. The summed E-state index contributed by atoms with van der Waals surface area (Å²) in [5.41, 5.74) is 9.96. The van der Waals surface area contributed by atoms with Gasteiger partial charge in [-0.1, -0.05) is 35.9 Å². The number of hydrogen-bond donors (Lipinski definition) is 2. The molecule has 2 rings (SSSR count). The third kappa shape index (κ3) is 2.66. The molecule has 0 saturated carbocycles. The van der Waals surface area contributed by atoms with Crippen LogP contribution in [0.25, 0.3) is 11.1 Å². The van der Waals surface area contributed by atoms with Crippen LogP contribution in [0.4, 0.5) is 0 Å². The van der Waals surface area contributed by atoms with E-state index in [-0.39, 0.29) is 0 Å². The molecule has 0 heterocycles. The predicted molar refractivity (Wildman–Crippen MR) is 71.0 cm³/mol. The second-order valence-corrected chi connectivity index (χ2v) is 4.25. The Morgan fingerprint density at radius 3 is 2.29 bits per heavy atom. The van der Waals surface area contributed by atoms with Gasteiger partial charge in [-0.2, -0.15) is 0 Å². The summed E-state index contributed by atoms with van der Waals surface area (Å²) in [5.74, 6) is 0.325. The van der Waals surface area contributed by atoms with Gasteiger partial charge in [-0.25, -0.2) is 0 Å². The molecular weight excluding hydrogens is 210 g/mol. The standard InChI is InChI=1S/C15H17NO/c1-11-2-4-12(5-3-11)13-6-7-15(17)14(10-13)8-9-16/h2-7,10,17H,8-9,16H2,1H3. The average molecular weight is 227 g/mol. The van der Waals surface area contributed by atoms with Crippen LogP contribution in [0.2, 0.25) is 0 Å². The first kappa shape index (κ1) is 11.7. The Hall–Kier alpha value is -1.80. The number of benzene rings is 2. The minimum atomic E-state index is 0.325. The van der Waals surface area contributed by atoms with Crippen molar-refractivity contribution in [2.24, 2.45) is 5.73 Å². The Morgan fingerprint density at radius 2 is 1.65 bits per heavy atom. The molecule has 0 aliphatic rings. The van der Waals surface area contributed by atoms with Gasteiger partial charge in [0.15, 0.2) is 0 Å². The Morgan fingerprint density at radius 1 is 1.00 bits per heavy atom. The first-order valence-corrected chi connectivity index (χ1v) is 5.79. The fourth-order valence-corrected chi connectivity index (χ4v) is 1.87. The van der Waals surface area contributed by atoms with E-state index in [1.807, 2.05) is 12.1 Å². The van der Waals surface area contributed by atoms with Gasteiger partial charge >= 0.3 is 0 Å². The molecular formula is C15H17NO. The van der Waals surface area contributed by atoms with Crippen molar-refractivity contribution in [3.63, 3.8) is 0 Å². The number of aromatic hydroxyl groups is 1. The zero-order valence-corrected chi connectivity index (χ0v) is 9.98. The van der Waals surface area contributed by atoms with Crippen LogP contribution in [0.15, 0.2) is 42.5 Å². The van der Waals surface area contributed by atoms with Crippen LogP contribution in [0.3, 0.4) is 0 Å². The molecule has 0 radical (unpaired) electrons. The van der Waals surface area contributed by atoms with Gasteiger partial charge in [-0.3, -0.25) is 0 Å². The normalized spacial score (nSPS) is 10.5. The number of phenols is 1. The molecule has 88 valence electrons. The highest BCUT2D eigenvalue weighted by Crippen LogP contribution is 2.26. The van der Waals surface area contributed by atoms with Gasteiger partial charge in [-0.15, -0.1) is 0 Å². The fraction of sp³-hybridized carbons (Fsp3) is 0.200. The molecule has 0 aliphatic carbocycles. The first-order valence-electron chi connectivity index (χ1n) is 5.79. The largest absolute Gasteiger partial charge is 0.508 e. The molecule has 0 amide bonds. The van der Waals surface area contributed by atoms with Gasteiger partial charge in [0, 0.05) is 0 Å². The van der Waals surface area contributed by atoms with E-state index in [2.05, 4.69) is 31.2 Å². The predicted octanol–water partition coefficient (Wildman–Crippen LogP) is 2.87. The lowest BCUT2D eigenvalue weighted by Gasteiger charge is -2.07. The van der Waals surface area contributed by atoms with Gasteiger partial charge in [0.2, 0.25) is 0 Å². The summed E-state index contributed by atoms with van der Waals surface area (Å²) >= 11 is 0. The van der Waals surface area contributed by atoms with Crippen LogP contribution in [0, 0.1) is 6.92 Å². The van der Waals surface area contributed by atoms with E-state index in [1.165, 1.54) is 5.56 Å². The van der Waals surface area contributed by atoms with Gasteiger partial charge in [-0.05, 0) is 48.7 Å². The zero-order chi connectivity index (χ0) is 12.3. The average Bonchev–Trinajstić information content (AvgIpc) is 2.33. The number of phenolic OH excluding ortho intramolecular Hbond substituents is 1. The van der Waals surface area contributed by atoms with Crippen molar-refractivity contribution in [2.45, 2.75) is 13.3 Å². The maximum atomic E-state index is 9.70. The van der Waals surface area contributed by atoms with Crippen molar-refractivity contribution in [2.75, 3.05) is 6.54 Å². The van der Waals surface area contributed by atoms with Crippen molar-refractivity contribution in [1.82, 2.24) is 0 Å². The highest BCUT2D eigenvalue weighted by Gasteiger charge is 2.03. The molecule has 2 nitrogen and oxygen atoms in total. The van der Waals surface area contributed by atoms with Gasteiger partial charge in [0.1, 0.15) is 5.75 Å². The first-order chi connectivity index (χ1) is 8.20. The molecule has 0 aliphatic heterocycles. The summed E-state index contributed by atoms with van der Waals surface area (Å²) < 4.78 is 0. The molecule has 0 fully saturated rings. The molecule has 2 aromatic rings. The Kier molecular flexibility index (Phi) is 3.45. The molecule has 0 saturated heterocycles. The highest BCUT2D eigenvalue weighted by molar-refractivity contribution is 5.65. The maximum absolute atomic E-state index is 9.70. The lowest BCUT2D eigenvalue weighted by Crippen LogP contribution is -2.02. The van der Waals surface area contributed by atoms with Crippen LogP contribution in [-0.4, -0.2) is 11.7 Å². The molecule has 0 aromatic heterocycles. The molecule has 0 spiro atoms. The summed E-state index contributed by atoms with van der Waals surface area (Å²) in [6, 6.07) is 14.0. The molecule has 3 N–H and O–H groups in total. The summed E-state index contributed by atoms with van der Waals surface area (Å²) in [7, 11) is 0. The van der Waals surface area contributed by atoms with E-state index in [9.17, 15) is 5.11 Å². The topological polar surface area (TPSA) is 46.2 Å². The smallest absolute Gasteiger partial charge is 0.118 e. The van der Waals surface area contributed by atoms with Crippen LogP contribution >= 0.6 is 0 Å². The molecule has 0 atom stereocenters. The zero-order valence-electron chi connectivity index (χ0n) is 9.98. The minimum absolute atomic E-state index is 0.325. The van der Waals surface area contributed by atoms with Gasteiger partial charge in [0.25, 0.3) is 0 Å². The third-order valence-corrected chi connectivity index (χ3v) is 2.88. The van der Waals surface area contributed by atoms with E-state index < -0.39 is 0 Å². The minimum Gasteiger partial charge on any atom is -0.508 e.